The number of halogens is 1. The molecule has 1 aliphatic carbocycles. The molecule has 1 aliphatic rings. The molecule has 0 spiro atoms. The van der Waals surface area contributed by atoms with E-state index < -0.39 is 0 Å². The Labute approximate surface area is 184 Å². The van der Waals surface area contributed by atoms with Crippen LogP contribution >= 0.6 is 11.6 Å². The second kappa shape index (κ2) is 8.00. The van der Waals surface area contributed by atoms with Gasteiger partial charge < -0.3 is 5.32 Å². The summed E-state index contributed by atoms with van der Waals surface area (Å²) in [5.41, 5.74) is 3.59. The van der Waals surface area contributed by atoms with E-state index in [0.717, 1.165) is 17.0 Å². The van der Waals surface area contributed by atoms with Crippen LogP contribution in [0.3, 0.4) is 0 Å². The van der Waals surface area contributed by atoms with Crippen LogP contribution in [0.4, 0.5) is 5.69 Å². The molecular formula is C23H21ClN6O. The molecule has 2 heterocycles. The zero-order valence-corrected chi connectivity index (χ0v) is 17.7. The third kappa shape index (κ3) is 4.09. The Hall–Kier alpha value is -3.45. The summed E-state index contributed by atoms with van der Waals surface area (Å²) in [5, 5.41) is 15.0. The maximum absolute atomic E-state index is 12.9. The third-order valence-electron chi connectivity index (χ3n) is 5.34. The van der Waals surface area contributed by atoms with Gasteiger partial charge in [-0.15, -0.1) is 0 Å². The van der Waals surface area contributed by atoms with Crippen LogP contribution in [-0.4, -0.2) is 30.9 Å². The van der Waals surface area contributed by atoms with E-state index in [2.05, 4.69) is 25.6 Å². The summed E-state index contributed by atoms with van der Waals surface area (Å²) in [6.07, 6.45) is 2.34. The van der Waals surface area contributed by atoms with E-state index in [4.69, 9.17) is 11.6 Å². The summed E-state index contributed by atoms with van der Waals surface area (Å²) >= 11 is 6.50. The van der Waals surface area contributed by atoms with Crippen LogP contribution in [0.25, 0.3) is 11.4 Å². The Balaban J connectivity index is 1.30. The molecule has 7 nitrogen and oxygen atoms in total. The van der Waals surface area contributed by atoms with Crippen molar-refractivity contribution < 1.29 is 4.79 Å². The van der Waals surface area contributed by atoms with Gasteiger partial charge in [-0.1, -0.05) is 41.9 Å². The smallest absolute Gasteiger partial charge is 0.260 e. The molecule has 2 aromatic heterocycles. The number of hydrogen-bond acceptors (Lipinski definition) is 4. The van der Waals surface area contributed by atoms with Crippen molar-refractivity contribution in [2.45, 2.75) is 32.2 Å². The second-order valence-electron chi connectivity index (χ2n) is 7.74. The van der Waals surface area contributed by atoms with Gasteiger partial charge in [0.05, 0.1) is 17.8 Å². The number of amides is 1. The SMILES string of the molecule is Cc1nn(Cc2ccccc2)c(Cl)c1C(=O)Nc1ccc(-c2n[nH]c(C3CC3)n2)cc1. The van der Waals surface area contributed by atoms with Gasteiger partial charge in [-0.3, -0.25) is 9.89 Å². The van der Waals surface area contributed by atoms with Gasteiger partial charge in [0.15, 0.2) is 5.82 Å². The van der Waals surface area contributed by atoms with Crippen LogP contribution in [0.5, 0.6) is 0 Å². The number of benzene rings is 2. The Bertz CT molecular complexity index is 1220. The Morgan fingerprint density at radius 1 is 1.16 bits per heavy atom. The van der Waals surface area contributed by atoms with Gasteiger partial charge in [-0.25, -0.2) is 9.67 Å². The first kappa shape index (κ1) is 19.5. The van der Waals surface area contributed by atoms with Crippen molar-refractivity contribution in [3.8, 4) is 11.4 Å². The molecule has 0 bridgehead atoms. The zero-order chi connectivity index (χ0) is 21.4. The van der Waals surface area contributed by atoms with Crippen LogP contribution in [-0.2, 0) is 6.54 Å². The normalized spacial score (nSPS) is 13.4. The predicted molar refractivity (Wildman–Crippen MR) is 119 cm³/mol. The fourth-order valence-corrected chi connectivity index (χ4v) is 3.83. The number of aryl methyl sites for hydroxylation is 1. The fourth-order valence-electron chi connectivity index (χ4n) is 3.51. The first-order chi connectivity index (χ1) is 15.1. The molecule has 0 unspecified atom stereocenters. The largest absolute Gasteiger partial charge is 0.322 e. The molecule has 0 aliphatic heterocycles. The maximum Gasteiger partial charge on any atom is 0.260 e. The molecule has 4 aromatic rings. The average molecular weight is 433 g/mol. The minimum atomic E-state index is -0.288. The Morgan fingerprint density at radius 2 is 1.90 bits per heavy atom. The highest BCUT2D eigenvalue weighted by Crippen LogP contribution is 2.38. The number of nitrogens with zero attached hydrogens (tertiary/aromatic N) is 4. The van der Waals surface area contributed by atoms with Crippen LogP contribution in [0, 0.1) is 6.92 Å². The highest BCUT2D eigenvalue weighted by molar-refractivity contribution is 6.33. The van der Waals surface area contributed by atoms with Crippen LogP contribution in [0.2, 0.25) is 5.15 Å². The molecule has 5 rings (SSSR count). The molecule has 0 atom stereocenters. The minimum absolute atomic E-state index is 0.288. The van der Waals surface area contributed by atoms with E-state index in [9.17, 15) is 4.79 Å². The number of anilines is 1. The van der Waals surface area contributed by atoms with Crippen molar-refractivity contribution in [1.82, 2.24) is 25.0 Å². The van der Waals surface area contributed by atoms with Gasteiger partial charge in [0, 0.05) is 17.2 Å². The van der Waals surface area contributed by atoms with Crippen LogP contribution < -0.4 is 5.32 Å². The van der Waals surface area contributed by atoms with E-state index in [1.165, 1.54) is 12.8 Å². The van der Waals surface area contributed by atoms with E-state index in [1.54, 1.807) is 11.6 Å². The number of aromatic amines is 1. The lowest BCUT2D eigenvalue weighted by Gasteiger charge is -2.06. The third-order valence-corrected chi connectivity index (χ3v) is 5.72. The Morgan fingerprint density at radius 3 is 2.61 bits per heavy atom. The molecule has 0 saturated heterocycles. The van der Waals surface area contributed by atoms with Crippen LogP contribution in [0.15, 0.2) is 54.6 Å². The summed E-state index contributed by atoms with van der Waals surface area (Å²) in [4.78, 5) is 17.4. The number of hydrogen-bond donors (Lipinski definition) is 2. The quantitative estimate of drug-likeness (QED) is 0.457. The first-order valence-corrected chi connectivity index (χ1v) is 10.6. The molecule has 2 aromatic carbocycles. The van der Waals surface area contributed by atoms with Gasteiger partial charge in [-0.05, 0) is 49.6 Å². The minimum Gasteiger partial charge on any atom is -0.322 e. The fraction of sp³-hybridized carbons (Fsp3) is 0.217. The molecule has 0 radical (unpaired) electrons. The Kier molecular flexibility index (Phi) is 5.03. The lowest BCUT2D eigenvalue weighted by Crippen LogP contribution is -2.13. The summed E-state index contributed by atoms with van der Waals surface area (Å²) in [6.45, 7) is 2.29. The number of carbonyl (C=O) groups is 1. The average Bonchev–Trinajstić information content (AvgIpc) is 3.44. The topological polar surface area (TPSA) is 88.5 Å². The van der Waals surface area contributed by atoms with Gasteiger partial charge >= 0.3 is 0 Å². The van der Waals surface area contributed by atoms with Crippen LogP contribution in [0.1, 0.15) is 46.2 Å². The monoisotopic (exact) mass is 432 g/mol. The summed E-state index contributed by atoms with van der Waals surface area (Å²) in [6, 6.07) is 17.3. The van der Waals surface area contributed by atoms with E-state index in [-0.39, 0.29) is 5.91 Å². The van der Waals surface area contributed by atoms with E-state index >= 15 is 0 Å². The standard InChI is InChI=1S/C23H21ClN6O/c1-14-19(20(24)30(29-14)13-15-5-3-2-4-6-15)23(31)25-18-11-9-17(10-12-18)22-26-21(27-28-22)16-7-8-16/h2-6,9-12,16H,7-8,13H2,1H3,(H,25,31)(H,26,27,28). The van der Waals surface area contributed by atoms with Crippen molar-refractivity contribution in [2.75, 3.05) is 5.32 Å². The zero-order valence-electron chi connectivity index (χ0n) is 17.0. The van der Waals surface area contributed by atoms with Gasteiger partial charge in [0.25, 0.3) is 5.91 Å². The molecule has 1 fully saturated rings. The molecule has 8 heteroatoms. The number of carbonyl (C=O) groups excluding carboxylic acids is 1. The summed E-state index contributed by atoms with van der Waals surface area (Å²) in [5.74, 6) is 1.85. The van der Waals surface area contributed by atoms with Gasteiger partial charge in [-0.2, -0.15) is 10.2 Å². The molecule has 1 amide bonds. The predicted octanol–water partition coefficient (Wildman–Crippen LogP) is 4.81. The lowest BCUT2D eigenvalue weighted by atomic mass is 10.2. The van der Waals surface area contributed by atoms with Crippen molar-refractivity contribution in [2.24, 2.45) is 0 Å². The highest BCUT2D eigenvalue weighted by atomic mass is 35.5. The molecule has 2 N–H and O–H groups in total. The number of H-pyrrole nitrogens is 1. The molecule has 156 valence electrons. The van der Waals surface area contributed by atoms with Gasteiger partial charge in [0.1, 0.15) is 11.0 Å². The highest BCUT2D eigenvalue weighted by Gasteiger charge is 2.27. The lowest BCUT2D eigenvalue weighted by molar-refractivity contribution is 0.102. The maximum atomic E-state index is 12.9. The van der Waals surface area contributed by atoms with E-state index in [1.807, 2.05) is 54.6 Å². The van der Waals surface area contributed by atoms with Crippen molar-refractivity contribution in [3.05, 3.63) is 82.4 Å². The van der Waals surface area contributed by atoms with Crippen molar-refractivity contribution in [3.63, 3.8) is 0 Å². The van der Waals surface area contributed by atoms with Crippen molar-refractivity contribution in [1.29, 1.82) is 0 Å². The van der Waals surface area contributed by atoms with E-state index in [0.29, 0.717) is 40.4 Å². The summed E-state index contributed by atoms with van der Waals surface area (Å²) in [7, 11) is 0. The number of nitrogens with one attached hydrogen (secondary N) is 2. The molecule has 1 saturated carbocycles. The number of aromatic nitrogens is 5. The molecular weight excluding hydrogens is 412 g/mol. The number of rotatable bonds is 6. The summed E-state index contributed by atoms with van der Waals surface area (Å²) < 4.78 is 1.64. The molecule has 31 heavy (non-hydrogen) atoms. The first-order valence-electron chi connectivity index (χ1n) is 10.2. The second-order valence-corrected chi connectivity index (χ2v) is 8.10. The van der Waals surface area contributed by atoms with Gasteiger partial charge in [0.2, 0.25) is 0 Å². The van der Waals surface area contributed by atoms with Crippen molar-refractivity contribution >= 4 is 23.2 Å².